The summed E-state index contributed by atoms with van der Waals surface area (Å²) in [5, 5.41) is 3.44. The quantitative estimate of drug-likeness (QED) is 0.911. The number of nitrogens with one attached hydrogen (secondary N) is 1. The molecule has 2 aromatic rings. The van der Waals surface area contributed by atoms with E-state index >= 15 is 0 Å². The van der Waals surface area contributed by atoms with E-state index in [0.717, 1.165) is 31.7 Å². The van der Waals surface area contributed by atoms with E-state index in [1.165, 1.54) is 5.56 Å². The second-order valence-corrected chi connectivity index (χ2v) is 5.46. The van der Waals surface area contributed by atoms with Crippen LogP contribution in [-0.2, 0) is 13.6 Å². The highest BCUT2D eigenvalue weighted by molar-refractivity contribution is 5.18. The smallest absolute Gasteiger partial charge is 0.250 e. The van der Waals surface area contributed by atoms with Gasteiger partial charge >= 0.3 is 0 Å². The fraction of sp³-hybridized carbons (Fsp3) is 0.375. The lowest BCUT2D eigenvalue weighted by atomic mass is 10.0. The highest BCUT2D eigenvalue weighted by Crippen LogP contribution is 2.23. The van der Waals surface area contributed by atoms with E-state index in [2.05, 4.69) is 27.3 Å². The fourth-order valence-corrected chi connectivity index (χ4v) is 2.77. The third-order valence-electron chi connectivity index (χ3n) is 4.00. The Kier molecular flexibility index (Phi) is 4.13. The lowest BCUT2D eigenvalue weighted by molar-refractivity contribution is 0.153. The Morgan fingerprint density at radius 1 is 1.33 bits per heavy atom. The predicted molar refractivity (Wildman–Crippen MR) is 81.9 cm³/mol. The molecule has 1 unspecified atom stereocenters. The molecule has 0 aromatic carbocycles. The summed E-state index contributed by atoms with van der Waals surface area (Å²) >= 11 is 0. The van der Waals surface area contributed by atoms with E-state index in [9.17, 15) is 4.79 Å². The Labute approximate surface area is 124 Å². The molecular weight excluding hydrogens is 264 g/mol. The summed E-state index contributed by atoms with van der Waals surface area (Å²) in [6.07, 6.45) is 5.50. The van der Waals surface area contributed by atoms with Crippen molar-refractivity contribution in [1.82, 2.24) is 19.8 Å². The van der Waals surface area contributed by atoms with Gasteiger partial charge in [0.15, 0.2) is 0 Å². The molecule has 1 fully saturated rings. The zero-order valence-electron chi connectivity index (χ0n) is 12.2. The van der Waals surface area contributed by atoms with Crippen LogP contribution in [0.2, 0.25) is 0 Å². The predicted octanol–water partition coefficient (Wildman–Crippen LogP) is 0.927. The lowest BCUT2D eigenvalue weighted by Crippen LogP contribution is -2.45. The van der Waals surface area contributed by atoms with Crippen LogP contribution in [0.15, 0.2) is 47.7 Å². The third kappa shape index (κ3) is 3.20. The van der Waals surface area contributed by atoms with Crippen molar-refractivity contribution in [2.24, 2.45) is 7.05 Å². The minimum absolute atomic E-state index is 0.0445. The van der Waals surface area contributed by atoms with Crippen LogP contribution >= 0.6 is 0 Å². The van der Waals surface area contributed by atoms with E-state index in [1.807, 2.05) is 24.7 Å². The Morgan fingerprint density at radius 2 is 2.14 bits per heavy atom. The first-order chi connectivity index (χ1) is 10.2. The standard InChI is InChI=1S/C16H20N4O/c1-19-8-4-13(10-16(19)21)12-20-9-7-18-11-15(20)14-2-5-17-6-3-14/h2-6,8,10,15,18H,7,9,11-12H2,1H3. The molecule has 1 aliphatic rings. The van der Waals surface area contributed by atoms with Gasteiger partial charge in [0.05, 0.1) is 0 Å². The average Bonchev–Trinajstić information content (AvgIpc) is 2.52. The van der Waals surface area contributed by atoms with Crippen molar-refractivity contribution in [3.63, 3.8) is 0 Å². The van der Waals surface area contributed by atoms with Gasteiger partial charge in [0, 0.05) is 63.9 Å². The topological polar surface area (TPSA) is 50.2 Å². The molecular formula is C16H20N4O. The first kappa shape index (κ1) is 14.0. The number of hydrogen-bond donors (Lipinski definition) is 1. The fourth-order valence-electron chi connectivity index (χ4n) is 2.77. The lowest BCUT2D eigenvalue weighted by Gasteiger charge is -2.36. The molecule has 1 saturated heterocycles. The first-order valence-electron chi connectivity index (χ1n) is 7.24. The number of piperazine rings is 1. The van der Waals surface area contributed by atoms with Crippen LogP contribution < -0.4 is 10.9 Å². The van der Waals surface area contributed by atoms with Crippen molar-refractivity contribution < 1.29 is 0 Å². The maximum absolute atomic E-state index is 11.8. The van der Waals surface area contributed by atoms with Crippen molar-refractivity contribution in [2.75, 3.05) is 19.6 Å². The number of pyridine rings is 2. The van der Waals surface area contributed by atoms with E-state index in [4.69, 9.17) is 0 Å². The minimum Gasteiger partial charge on any atom is -0.319 e. The van der Waals surface area contributed by atoms with Gasteiger partial charge in [-0.1, -0.05) is 0 Å². The molecule has 0 radical (unpaired) electrons. The Morgan fingerprint density at radius 3 is 2.90 bits per heavy atom. The van der Waals surface area contributed by atoms with Crippen molar-refractivity contribution in [3.05, 3.63) is 64.3 Å². The molecule has 1 atom stereocenters. The average molecular weight is 284 g/mol. The second-order valence-electron chi connectivity index (χ2n) is 5.46. The monoisotopic (exact) mass is 284 g/mol. The van der Waals surface area contributed by atoms with Gasteiger partial charge in [-0.3, -0.25) is 14.7 Å². The van der Waals surface area contributed by atoms with Gasteiger partial charge in [-0.05, 0) is 29.3 Å². The summed E-state index contributed by atoms with van der Waals surface area (Å²) < 4.78 is 1.60. The summed E-state index contributed by atoms with van der Waals surface area (Å²) in [5.74, 6) is 0. The summed E-state index contributed by atoms with van der Waals surface area (Å²) in [6, 6.07) is 8.20. The van der Waals surface area contributed by atoms with E-state index in [0.29, 0.717) is 6.04 Å². The molecule has 0 saturated carbocycles. The maximum Gasteiger partial charge on any atom is 0.250 e. The van der Waals surface area contributed by atoms with Gasteiger partial charge in [0.25, 0.3) is 5.56 Å². The van der Waals surface area contributed by atoms with Crippen LogP contribution in [0.4, 0.5) is 0 Å². The van der Waals surface area contributed by atoms with Crippen molar-refractivity contribution >= 4 is 0 Å². The molecule has 0 spiro atoms. The summed E-state index contributed by atoms with van der Waals surface area (Å²) in [7, 11) is 1.77. The summed E-state index contributed by atoms with van der Waals surface area (Å²) in [6.45, 7) is 3.67. The molecule has 5 nitrogen and oxygen atoms in total. The first-order valence-corrected chi connectivity index (χ1v) is 7.24. The maximum atomic E-state index is 11.8. The zero-order valence-corrected chi connectivity index (χ0v) is 12.2. The summed E-state index contributed by atoms with van der Waals surface area (Å²) in [4.78, 5) is 18.3. The molecule has 0 bridgehead atoms. The van der Waals surface area contributed by atoms with Crippen molar-refractivity contribution in [2.45, 2.75) is 12.6 Å². The number of aromatic nitrogens is 2. The van der Waals surface area contributed by atoms with Crippen molar-refractivity contribution in [3.8, 4) is 0 Å². The third-order valence-corrected chi connectivity index (χ3v) is 4.00. The van der Waals surface area contributed by atoms with E-state index < -0.39 is 0 Å². The normalized spacial score (nSPS) is 19.6. The molecule has 1 aliphatic heterocycles. The Hall–Kier alpha value is -1.98. The Balaban J connectivity index is 1.81. The van der Waals surface area contributed by atoms with Gasteiger partial charge in [-0.2, -0.15) is 0 Å². The number of rotatable bonds is 3. The minimum atomic E-state index is 0.0445. The largest absolute Gasteiger partial charge is 0.319 e. The highest BCUT2D eigenvalue weighted by atomic mass is 16.1. The highest BCUT2D eigenvalue weighted by Gasteiger charge is 2.23. The number of aryl methyl sites for hydroxylation is 1. The number of hydrogen-bond acceptors (Lipinski definition) is 4. The van der Waals surface area contributed by atoms with Gasteiger partial charge in [0.2, 0.25) is 0 Å². The summed E-state index contributed by atoms with van der Waals surface area (Å²) in [5.41, 5.74) is 2.38. The van der Waals surface area contributed by atoms with E-state index in [1.54, 1.807) is 17.7 Å². The molecule has 2 aromatic heterocycles. The van der Waals surface area contributed by atoms with Crippen LogP contribution in [-0.4, -0.2) is 34.1 Å². The van der Waals surface area contributed by atoms with Crippen LogP contribution in [0.1, 0.15) is 17.2 Å². The number of nitrogens with zero attached hydrogens (tertiary/aromatic N) is 3. The van der Waals surface area contributed by atoms with E-state index in [-0.39, 0.29) is 5.56 Å². The zero-order chi connectivity index (χ0) is 14.7. The Bertz CT molecular complexity index is 653. The second kappa shape index (κ2) is 6.20. The van der Waals surface area contributed by atoms with Crippen LogP contribution in [0.3, 0.4) is 0 Å². The molecule has 0 aliphatic carbocycles. The van der Waals surface area contributed by atoms with Gasteiger partial charge in [-0.15, -0.1) is 0 Å². The molecule has 0 amide bonds. The van der Waals surface area contributed by atoms with Crippen LogP contribution in [0.5, 0.6) is 0 Å². The molecule has 21 heavy (non-hydrogen) atoms. The van der Waals surface area contributed by atoms with Gasteiger partial charge < -0.3 is 9.88 Å². The SMILES string of the molecule is Cn1ccc(CN2CCNCC2c2ccncc2)cc1=O. The molecule has 5 heteroatoms. The van der Waals surface area contributed by atoms with Gasteiger partial charge in [-0.25, -0.2) is 0 Å². The molecule has 3 heterocycles. The molecule has 1 N–H and O–H groups in total. The molecule has 110 valence electrons. The van der Waals surface area contributed by atoms with Crippen LogP contribution in [0, 0.1) is 0 Å². The van der Waals surface area contributed by atoms with Crippen LogP contribution in [0.25, 0.3) is 0 Å². The van der Waals surface area contributed by atoms with Crippen molar-refractivity contribution in [1.29, 1.82) is 0 Å². The molecule has 3 rings (SSSR count). The van der Waals surface area contributed by atoms with Gasteiger partial charge in [0.1, 0.15) is 0 Å².